The van der Waals surface area contributed by atoms with Gasteiger partial charge in [0.2, 0.25) is 5.56 Å². The highest BCUT2D eigenvalue weighted by atomic mass is 32.2. The van der Waals surface area contributed by atoms with Crippen LogP contribution in [0, 0.1) is 6.92 Å². The number of hydrogen-bond acceptors (Lipinski definition) is 4. The van der Waals surface area contributed by atoms with Crippen molar-refractivity contribution in [3.63, 3.8) is 0 Å². The van der Waals surface area contributed by atoms with Crippen molar-refractivity contribution in [1.82, 2.24) is 9.97 Å². The van der Waals surface area contributed by atoms with Crippen LogP contribution in [0.25, 0.3) is 33.4 Å². The van der Waals surface area contributed by atoms with Crippen LogP contribution in [0.4, 0.5) is 0 Å². The Kier molecular flexibility index (Phi) is 4.80. The Labute approximate surface area is 169 Å². The van der Waals surface area contributed by atoms with Crippen LogP contribution in [0.5, 0.6) is 0 Å². The molecular formula is C23H20N2O3S. The Morgan fingerprint density at radius 1 is 0.931 bits per heavy atom. The molecule has 0 aliphatic rings. The standard InChI is InChI=1S/C23H20N2O3S/c1-15-12-17(8-9-19(15)14-29(2,27)28)20-13-18-10-11-21(26)24-23(18)25-22(20)16-6-4-3-5-7-16/h3-13H,14H2,1-2H3,(H,24,25,26). The predicted octanol–water partition coefficient (Wildman–Crippen LogP) is 4.11. The van der Waals surface area contributed by atoms with Crippen molar-refractivity contribution >= 4 is 20.9 Å². The Hall–Kier alpha value is -3.25. The fourth-order valence-corrected chi connectivity index (χ4v) is 4.31. The summed E-state index contributed by atoms with van der Waals surface area (Å²) in [7, 11) is -3.11. The van der Waals surface area contributed by atoms with Gasteiger partial charge in [-0.05, 0) is 35.7 Å². The molecule has 0 aliphatic heterocycles. The number of nitrogens with zero attached hydrogens (tertiary/aromatic N) is 1. The highest BCUT2D eigenvalue weighted by Gasteiger charge is 2.14. The summed E-state index contributed by atoms with van der Waals surface area (Å²) < 4.78 is 23.4. The molecule has 2 aromatic heterocycles. The Balaban J connectivity index is 1.94. The molecular weight excluding hydrogens is 384 g/mol. The van der Waals surface area contributed by atoms with E-state index in [0.717, 1.165) is 38.9 Å². The van der Waals surface area contributed by atoms with Crippen molar-refractivity contribution in [1.29, 1.82) is 0 Å². The molecule has 6 heteroatoms. The van der Waals surface area contributed by atoms with Gasteiger partial charge in [-0.2, -0.15) is 0 Å². The number of aromatic nitrogens is 2. The minimum Gasteiger partial charge on any atom is -0.307 e. The number of H-pyrrole nitrogens is 1. The number of aryl methyl sites for hydroxylation is 1. The molecule has 0 fully saturated rings. The molecule has 0 amide bonds. The van der Waals surface area contributed by atoms with Gasteiger partial charge in [-0.3, -0.25) is 4.79 Å². The number of sulfone groups is 1. The molecule has 1 N–H and O–H groups in total. The van der Waals surface area contributed by atoms with Gasteiger partial charge in [0.05, 0.1) is 11.4 Å². The minimum atomic E-state index is -3.11. The first-order valence-electron chi connectivity index (χ1n) is 9.17. The molecule has 5 nitrogen and oxygen atoms in total. The average Bonchev–Trinajstić information content (AvgIpc) is 2.68. The Bertz CT molecular complexity index is 1370. The van der Waals surface area contributed by atoms with Crippen LogP contribution in [-0.2, 0) is 15.6 Å². The third-order valence-corrected chi connectivity index (χ3v) is 5.66. The van der Waals surface area contributed by atoms with E-state index in [1.807, 2.05) is 61.5 Å². The zero-order valence-corrected chi connectivity index (χ0v) is 17.0. The first-order chi connectivity index (χ1) is 13.8. The summed E-state index contributed by atoms with van der Waals surface area (Å²) in [6, 6.07) is 20.8. The van der Waals surface area contributed by atoms with E-state index in [2.05, 4.69) is 4.98 Å². The van der Waals surface area contributed by atoms with E-state index in [4.69, 9.17) is 4.98 Å². The molecule has 4 rings (SSSR count). The lowest BCUT2D eigenvalue weighted by Crippen LogP contribution is -2.05. The zero-order valence-electron chi connectivity index (χ0n) is 16.1. The molecule has 0 aliphatic carbocycles. The molecule has 0 saturated carbocycles. The Morgan fingerprint density at radius 3 is 2.38 bits per heavy atom. The van der Waals surface area contributed by atoms with E-state index in [-0.39, 0.29) is 11.3 Å². The molecule has 0 bridgehead atoms. The number of benzene rings is 2. The lowest BCUT2D eigenvalue weighted by atomic mass is 9.95. The smallest absolute Gasteiger partial charge is 0.249 e. The number of hydrogen-bond donors (Lipinski definition) is 1. The van der Waals surface area contributed by atoms with Crippen LogP contribution in [0.1, 0.15) is 11.1 Å². The normalized spacial score (nSPS) is 11.7. The molecule has 0 unspecified atom stereocenters. The summed E-state index contributed by atoms with van der Waals surface area (Å²) in [5.74, 6) is 0.0157. The second kappa shape index (κ2) is 7.29. The van der Waals surface area contributed by atoms with E-state index in [1.54, 1.807) is 6.07 Å². The van der Waals surface area contributed by atoms with Crippen LogP contribution >= 0.6 is 0 Å². The summed E-state index contributed by atoms with van der Waals surface area (Å²) in [6.07, 6.45) is 1.24. The maximum atomic E-state index is 11.7. The monoisotopic (exact) mass is 404 g/mol. The number of aromatic amines is 1. The third kappa shape index (κ3) is 4.12. The van der Waals surface area contributed by atoms with Crippen LogP contribution in [0.15, 0.2) is 71.5 Å². The van der Waals surface area contributed by atoms with Gasteiger partial charge in [-0.1, -0.05) is 48.5 Å². The summed E-state index contributed by atoms with van der Waals surface area (Å²) in [5, 5.41) is 0.831. The second-order valence-electron chi connectivity index (χ2n) is 7.22. The van der Waals surface area contributed by atoms with Crippen LogP contribution < -0.4 is 5.56 Å². The number of fused-ring (bicyclic) bond motifs is 1. The van der Waals surface area contributed by atoms with Crippen LogP contribution in [0.3, 0.4) is 0 Å². The fraction of sp³-hybridized carbons (Fsp3) is 0.130. The van der Waals surface area contributed by atoms with Crippen molar-refractivity contribution in [2.45, 2.75) is 12.7 Å². The average molecular weight is 404 g/mol. The van der Waals surface area contributed by atoms with Crippen molar-refractivity contribution in [2.75, 3.05) is 6.26 Å². The lowest BCUT2D eigenvalue weighted by molar-refractivity contribution is 0.601. The Morgan fingerprint density at radius 2 is 1.69 bits per heavy atom. The van der Waals surface area contributed by atoms with Gasteiger partial charge in [0.1, 0.15) is 5.65 Å². The van der Waals surface area contributed by atoms with Gasteiger partial charge in [0.25, 0.3) is 0 Å². The van der Waals surface area contributed by atoms with Crippen molar-refractivity contribution < 1.29 is 8.42 Å². The summed E-state index contributed by atoms with van der Waals surface area (Å²) in [4.78, 5) is 19.3. The number of nitrogens with one attached hydrogen (secondary N) is 1. The minimum absolute atomic E-state index is 0.0157. The van der Waals surface area contributed by atoms with E-state index >= 15 is 0 Å². The van der Waals surface area contributed by atoms with Gasteiger partial charge in [-0.15, -0.1) is 0 Å². The molecule has 2 heterocycles. The summed E-state index contributed by atoms with van der Waals surface area (Å²) in [6.45, 7) is 1.91. The largest absolute Gasteiger partial charge is 0.307 e. The summed E-state index contributed by atoms with van der Waals surface area (Å²) >= 11 is 0. The summed E-state index contributed by atoms with van der Waals surface area (Å²) in [5.41, 5.74) is 5.60. The first-order valence-corrected chi connectivity index (χ1v) is 11.2. The van der Waals surface area contributed by atoms with Gasteiger partial charge >= 0.3 is 0 Å². The van der Waals surface area contributed by atoms with Crippen LogP contribution in [0.2, 0.25) is 0 Å². The molecule has 2 aromatic carbocycles. The van der Waals surface area contributed by atoms with E-state index < -0.39 is 9.84 Å². The topological polar surface area (TPSA) is 79.9 Å². The molecule has 146 valence electrons. The molecule has 0 atom stereocenters. The molecule has 0 spiro atoms. The first kappa shape index (κ1) is 19.1. The molecule has 4 aromatic rings. The van der Waals surface area contributed by atoms with Gasteiger partial charge in [0, 0.05) is 28.8 Å². The van der Waals surface area contributed by atoms with E-state index in [1.165, 1.54) is 12.3 Å². The van der Waals surface area contributed by atoms with Gasteiger partial charge in [-0.25, -0.2) is 13.4 Å². The fourth-order valence-electron chi connectivity index (χ4n) is 3.42. The SMILES string of the molecule is Cc1cc(-c2cc3ccc(=O)[nH]c3nc2-c2ccccc2)ccc1CS(C)(=O)=O. The van der Waals surface area contributed by atoms with Crippen LogP contribution in [-0.4, -0.2) is 24.6 Å². The zero-order chi connectivity index (χ0) is 20.6. The van der Waals surface area contributed by atoms with Crippen molar-refractivity contribution in [3.8, 4) is 22.4 Å². The van der Waals surface area contributed by atoms with Crippen molar-refractivity contribution in [2.24, 2.45) is 0 Å². The second-order valence-corrected chi connectivity index (χ2v) is 9.36. The van der Waals surface area contributed by atoms with E-state index in [9.17, 15) is 13.2 Å². The quantitative estimate of drug-likeness (QED) is 0.555. The number of pyridine rings is 2. The highest BCUT2D eigenvalue weighted by molar-refractivity contribution is 7.89. The molecule has 0 radical (unpaired) electrons. The van der Waals surface area contributed by atoms with Gasteiger partial charge < -0.3 is 4.98 Å². The molecule has 0 saturated heterocycles. The maximum absolute atomic E-state index is 11.7. The van der Waals surface area contributed by atoms with Crippen molar-refractivity contribution in [3.05, 3.63) is 88.2 Å². The highest BCUT2D eigenvalue weighted by Crippen LogP contribution is 2.33. The molecule has 29 heavy (non-hydrogen) atoms. The predicted molar refractivity (Wildman–Crippen MR) is 117 cm³/mol. The maximum Gasteiger partial charge on any atom is 0.249 e. The lowest BCUT2D eigenvalue weighted by Gasteiger charge is -2.13. The third-order valence-electron chi connectivity index (χ3n) is 4.83. The number of rotatable bonds is 4. The van der Waals surface area contributed by atoms with Gasteiger partial charge in [0.15, 0.2) is 9.84 Å². The van der Waals surface area contributed by atoms with E-state index in [0.29, 0.717) is 5.65 Å².